The first-order valence-corrected chi connectivity index (χ1v) is 8.73. The van der Waals surface area contributed by atoms with Crippen molar-refractivity contribution in [2.24, 2.45) is 0 Å². The van der Waals surface area contributed by atoms with Crippen LogP contribution in [0.5, 0.6) is 0 Å². The molecule has 0 aliphatic heterocycles. The lowest BCUT2D eigenvalue weighted by atomic mass is 10.2. The maximum absolute atomic E-state index is 5.25. The molecular weight excluding hydrogens is 310 g/mol. The molecule has 0 radical (unpaired) electrons. The minimum Gasteiger partial charge on any atom is -0.370 e. The number of anilines is 1. The molecule has 0 unspecified atom stereocenters. The number of para-hydroxylation sites is 1. The van der Waals surface area contributed by atoms with E-state index in [2.05, 4.69) is 39.3 Å². The Morgan fingerprint density at radius 3 is 2.83 bits per heavy atom. The van der Waals surface area contributed by atoms with Crippen LogP contribution < -0.4 is 5.32 Å². The molecule has 1 aromatic carbocycles. The van der Waals surface area contributed by atoms with Crippen LogP contribution in [0, 0.1) is 0 Å². The van der Waals surface area contributed by atoms with Gasteiger partial charge in [0.25, 0.3) is 0 Å². The number of aryl methyl sites for hydroxylation is 1. The van der Waals surface area contributed by atoms with Crippen LogP contribution in [0.15, 0.2) is 33.9 Å². The zero-order chi connectivity index (χ0) is 16.1. The van der Waals surface area contributed by atoms with Gasteiger partial charge in [-0.05, 0) is 25.5 Å². The van der Waals surface area contributed by atoms with E-state index in [1.54, 1.807) is 0 Å². The van der Waals surface area contributed by atoms with Crippen molar-refractivity contribution in [3.8, 4) is 0 Å². The van der Waals surface area contributed by atoms with E-state index in [0.29, 0.717) is 16.8 Å². The summed E-state index contributed by atoms with van der Waals surface area (Å²) in [7, 11) is 0. The molecule has 1 N–H and O–H groups in total. The summed E-state index contributed by atoms with van der Waals surface area (Å²) >= 11 is 1.50. The quantitative estimate of drug-likeness (QED) is 0.523. The second kappa shape index (κ2) is 7.41. The molecule has 23 heavy (non-hydrogen) atoms. The molecule has 6 nitrogen and oxygen atoms in total. The average molecular weight is 329 g/mol. The molecule has 0 saturated carbocycles. The summed E-state index contributed by atoms with van der Waals surface area (Å²) in [5.41, 5.74) is 0.929. The normalized spacial score (nSPS) is 11.0. The zero-order valence-electron chi connectivity index (χ0n) is 13.2. The molecule has 0 atom stereocenters. The third-order valence-corrected chi connectivity index (χ3v) is 4.07. The number of benzene rings is 1. The second-order valence-corrected chi connectivity index (χ2v) is 5.99. The van der Waals surface area contributed by atoms with Gasteiger partial charge in [-0.1, -0.05) is 36.0 Å². The number of hydrogen-bond acceptors (Lipinski definition) is 7. The highest BCUT2D eigenvalue weighted by molar-refractivity contribution is 7.98. The first-order valence-electron chi connectivity index (χ1n) is 7.75. The monoisotopic (exact) mass is 329 g/mol. The van der Waals surface area contributed by atoms with Gasteiger partial charge >= 0.3 is 0 Å². The maximum Gasteiger partial charge on any atom is 0.237 e. The first kappa shape index (κ1) is 15.7. The van der Waals surface area contributed by atoms with Gasteiger partial charge in [-0.25, -0.2) is 9.97 Å². The van der Waals surface area contributed by atoms with Gasteiger partial charge < -0.3 is 9.84 Å². The summed E-state index contributed by atoms with van der Waals surface area (Å²) in [5.74, 6) is 2.80. The fourth-order valence-electron chi connectivity index (χ4n) is 2.22. The maximum atomic E-state index is 5.25. The summed E-state index contributed by atoms with van der Waals surface area (Å²) < 4.78 is 5.25. The molecule has 0 bridgehead atoms. The predicted octanol–water partition coefficient (Wildman–Crippen LogP) is 3.69. The number of thioether (sulfide) groups is 1. The Morgan fingerprint density at radius 1 is 1.13 bits per heavy atom. The summed E-state index contributed by atoms with van der Waals surface area (Å²) in [5, 5.41) is 8.99. The van der Waals surface area contributed by atoms with Crippen LogP contribution in [0.2, 0.25) is 0 Å². The van der Waals surface area contributed by atoms with Crippen LogP contribution in [-0.4, -0.2) is 26.7 Å². The van der Waals surface area contributed by atoms with Crippen LogP contribution in [0.25, 0.3) is 10.9 Å². The van der Waals surface area contributed by atoms with Gasteiger partial charge in [0, 0.05) is 18.4 Å². The second-order valence-electron chi connectivity index (χ2n) is 5.05. The topological polar surface area (TPSA) is 76.7 Å². The number of nitrogens with one attached hydrogen (secondary N) is 1. The third kappa shape index (κ3) is 3.79. The first-order chi connectivity index (χ1) is 11.3. The van der Waals surface area contributed by atoms with E-state index in [9.17, 15) is 0 Å². The van der Waals surface area contributed by atoms with Crippen LogP contribution >= 0.6 is 11.8 Å². The van der Waals surface area contributed by atoms with Gasteiger partial charge in [0.15, 0.2) is 11.0 Å². The van der Waals surface area contributed by atoms with Crippen LogP contribution in [-0.2, 0) is 12.2 Å². The molecule has 2 heterocycles. The smallest absolute Gasteiger partial charge is 0.237 e. The number of nitrogens with zero attached hydrogens (tertiary/aromatic N) is 4. The zero-order valence-corrected chi connectivity index (χ0v) is 14.1. The van der Waals surface area contributed by atoms with Crippen molar-refractivity contribution in [2.45, 2.75) is 37.6 Å². The Hall–Kier alpha value is -2.15. The average Bonchev–Trinajstić information content (AvgIpc) is 3.01. The fraction of sp³-hybridized carbons (Fsp3) is 0.375. The summed E-state index contributed by atoms with van der Waals surface area (Å²) in [6.45, 7) is 4.96. The number of hydrogen-bond donors (Lipinski definition) is 1. The Labute approximate surface area is 139 Å². The standard InChI is InChI=1S/C16H19N5OS/c1-3-7-13-19-14(22-21-13)10-23-16-18-12-9-6-5-8-11(12)15(20-16)17-4-2/h5-6,8-9H,3-4,7,10H2,1-2H3,(H,17,18,20). The van der Waals surface area contributed by atoms with Crippen molar-refractivity contribution in [3.05, 3.63) is 36.0 Å². The number of fused-ring (bicyclic) bond motifs is 1. The summed E-state index contributed by atoms with van der Waals surface area (Å²) in [4.78, 5) is 13.6. The van der Waals surface area contributed by atoms with E-state index >= 15 is 0 Å². The Bertz CT molecular complexity index is 789. The molecule has 0 aliphatic rings. The van der Waals surface area contributed by atoms with E-state index in [4.69, 9.17) is 4.52 Å². The van der Waals surface area contributed by atoms with Gasteiger partial charge in [0.1, 0.15) is 5.82 Å². The van der Waals surface area contributed by atoms with Gasteiger partial charge in [0.2, 0.25) is 5.89 Å². The largest absolute Gasteiger partial charge is 0.370 e. The lowest BCUT2D eigenvalue weighted by molar-refractivity contribution is 0.384. The lowest BCUT2D eigenvalue weighted by Crippen LogP contribution is -2.02. The van der Waals surface area contributed by atoms with Crippen molar-refractivity contribution in [1.82, 2.24) is 20.1 Å². The lowest BCUT2D eigenvalue weighted by Gasteiger charge is -2.08. The summed E-state index contributed by atoms with van der Waals surface area (Å²) in [6.07, 6.45) is 1.84. The highest BCUT2D eigenvalue weighted by Crippen LogP contribution is 2.25. The van der Waals surface area contributed by atoms with Gasteiger partial charge in [0.05, 0.1) is 11.3 Å². The highest BCUT2D eigenvalue weighted by Gasteiger charge is 2.10. The number of aromatic nitrogens is 4. The Kier molecular flexibility index (Phi) is 5.07. The molecular formula is C16H19N5OS. The van der Waals surface area contributed by atoms with E-state index in [-0.39, 0.29) is 0 Å². The van der Waals surface area contributed by atoms with Crippen molar-refractivity contribution in [1.29, 1.82) is 0 Å². The van der Waals surface area contributed by atoms with Crippen molar-refractivity contribution in [3.63, 3.8) is 0 Å². The SMILES string of the molecule is CCCc1noc(CSc2nc(NCC)c3ccccc3n2)n1. The Morgan fingerprint density at radius 2 is 2.00 bits per heavy atom. The van der Waals surface area contributed by atoms with Gasteiger partial charge in [-0.3, -0.25) is 0 Å². The third-order valence-electron chi connectivity index (χ3n) is 3.24. The van der Waals surface area contributed by atoms with Crippen LogP contribution in [0.3, 0.4) is 0 Å². The predicted molar refractivity (Wildman–Crippen MR) is 91.6 cm³/mol. The molecule has 2 aromatic heterocycles. The van der Waals surface area contributed by atoms with Crippen molar-refractivity contribution in [2.75, 3.05) is 11.9 Å². The van der Waals surface area contributed by atoms with Crippen LogP contribution in [0.4, 0.5) is 5.82 Å². The Balaban J connectivity index is 1.79. The molecule has 0 spiro atoms. The van der Waals surface area contributed by atoms with E-state index in [1.807, 2.05) is 24.3 Å². The summed E-state index contributed by atoms with van der Waals surface area (Å²) in [6, 6.07) is 7.99. The molecule has 0 aliphatic carbocycles. The minimum absolute atomic E-state index is 0.570. The fourth-order valence-corrected chi connectivity index (χ4v) is 2.91. The minimum atomic E-state index is 0.570. The van der Waals surface area contributed by atoms with Gasteiger partial charge in [-0.2, -0.15) is 4.98 Å². The molecule has 0 saturated heterocycles. The van der Waals surface area contributed by atoms with Gasteiger partial charge in [-0.15, -0.1) is 0 Å². The van der Waals surface area contributed by atoms with Crippen LogP contribution in [0.1, 0.15) is 32.0 Å². The van der Waals surface area contributed by atoms with E-state index in [1.165, 1.54) is 11.8 Å². The molecule has 0 fully saturated rings. The van der Waals surface area contributed by atoms with E-state index < -0.39 is 0 Å². The molecule has 3 rings (SSSR count). The molecule has 3 aromatic rings. The van der Waals surface area contributed by atoms with Crippen molar-refractivity contribution < 1.29 is 4.52 Å². The van der Waals surface area contributed by atoms with E-state index in [0.717, 1.165) is 41.9 Å². The molecule has 0 amide bonds. The highest BCUT2D eigenvalue weighted by atomic mass is 32.2. The number of rotatable bonds is 7. The molecule has 120 valence electrons. The molecule has 7 heteroatoms. The van der Waals surface area contributed by atoms with Crippen molar-refractivity contribution >= 4 is 28.5 Å².